The summed E-state index contributed by atoms with van der Waals surface area (Å²) in [6.07, 6.45) is 2.55. The van der Waals surface area contributed by atoms with E-state index in [1.165, 1.54) is 22.5 Å². The number of rotatable bonds is 2. The lowest BCUT2D eigenvalue weighted by Crippen LogP contribution is -1.90. The van der Waals surface area contributed by atoms with Gasteiger partial charge < -0.3 is 0 Å². The third-order valence-corrected chi connectivity index (χ3v) is 3.94. The van der Waals surface area contributed by atoms with Gasteiger partial charge in [0.15, 0.2) is 5.78 Å². The quantitative estimate of drug-likeness (QED) is 0.722. The molecule has 15 heavy (non-hydrogen) atoms. The number of benzene rings is 1. The molecule has 0 saturated heterocycles. The molecule has 0 aliphatic heterocycles. The van der Waals surface area contributed by atoms with Crippen molar-refractivity contribution in [3.63, 3.8) is 0 Å². The number of thiazole rings is 1. The lowest BCUT2D eigenvalue weighted by atomic mass is 10.1. The standard InChI is InChI=1S/C12H11NOS/c1-7(14)9-4-5-11-10(6-9)13-12(15-11)8-2-3-8/h4-6,8H,2-3H2,1H3. The van der Waals surface area contributed by atoms with Crippen LogP contribution in [0.5, 0.6) is 0 Å². The van der Waals surface area contributed by atoms with E-state index < -0.39 is 0 Å². The van der Waals surface area contributed by atoms with Gasteiger partial charge in [0.05, 0.1) is 15.2 Å². The molecule has 0 bridgehead atoms. The molecule has 1 saturated carbocycles. The summed E-state index contributed by atoms with van der Waals surface area (Å²) in [5, 5.41) is 1.24. The van der Waals surface area contributed by atoms with Crippen molar-refractivity contribution in [3.05, 3.63) is 28.8 Å². The Morgan fingerprint density at radius 1 is 1.47 bits per heavy atom. The van der Waals surface area contributed by atoms with Crippen LogP contribution in [0.2, 0.25) is 0 Å². The van der Waals surface area contributed by atoms with Gasteiger partial charge in [-0.15, -0.1) is 11.3 Å². The van der Waals surface area contributed by atoms with Crippen molar-refractivity contribution >= 4 is 27.3 Å². The number of carbonyl (C=O) groups excluding carboxylic acids is 1. The number of aromatic nitrogens is 1. The number of fused-ring (bicyclic) bond motifs is 1. The zero-order valence-electron chi connectivity index (χ0n) is 8.49. The number of carbonyl (C=O) groups is 1. The Hall–Kier alpha value is -1.22. The molecule has 1 aliphatic carbocycles. The smallest absolute Gasteiger partial charge is 0.159 e. The van der Waals surface area contributed by atoms with Crippen molar-refractivity contribution in [2.24, 2.45) is 0 Å². The molecule has 0 radical (unpaired) electrons. The van der Waals surface area contributed by atoms with Gasteiger partial charge >= 0.3 is 0 Å². The van der Waals surface area contributed by atoms with Gasteiger partial charge in [-0.3, -0.25) is 4.79 Å². The molecule has 0 N–H and O–H groups in total. The molecule has 3 heteroatoms. The average Bonchev–Trinajstić information content (AvgIpc) is 2.97. The minimum absolute atomic E-state index is 0.109. The van der Waals surface area contributed by atoms with Gasteiger partial charge in [-0.05, 0) is 38.0 Å². The molecule has 0 unspecified atom stereocenters. The molecule has 1 aliphatic rings. The zero-order chi connectivity index (χ0) is 10.4. The molecule has 2 nitrogen and oxygen atoms in total. The second-order valence-electron chi connectivity index (χ2n) is 4.07. The Kier molecular flexibility index (Phi) is 1.89. The van der Waals surface area contributed by atoms with E-state index in [2.05, 4.69) is 4.98 Å². The van der Waals surface area contributed by atoms with Crippen molar-refractivity contribution in [1.82, 2.24) is 4.98 Å². The third-order valence-electron chi connectivity index (χ3n) is 2.74. The van der Waals surface area contributed by atoms with Gasteiger partial charge in [0, 0.05) is 11.5 Å². The SMILES string of the molecule is CC(=O)c1ccc2sc(C3CC3)nc2c1. The van der Waals surface area contributed by atoms with Crippen LogP contribution in [0.15, 0.2) is 18.2 Å². The molecule has 0 atom stereocenters. The van der Waals surface area contributed by atoms with Crippen LogP contribution in [0.4, 0.5) is 0 Å². The fourth-order valence-electron chi connectivity index (χ4n) is 1.67. The molecule has 3 rings (SSSR count). The fraction of sp³-hybridized carbons (Fsp3) is 0.333. The van der Waals surface area contributed by atoms with E-state index in [1.807, 2.05) is 18.2 Å². The van der Waals surface area contributed by atoms with Crippen molar-refractivity contribution in [3.8, 4) is 0 Å². The monoisotopic (exact) mass is 217 g/mol. The highest BCUT2D eigenvalue weighted by Crippen LogP contribution is 2.43. The fourth-order valence-corrected chi connectivity index (χ4v) is 2.79. The van der Waals surface area contributed by atoms with Crippen LogP contribution in [-0.2, 0) is 0 Å². The van der Waals surface area contributed by atoms with Crippen LogP contribution < -0.4 is 0 Å². The average molecular weight is 217 g/mol. The topological polar surface area (TPSA) is 30.0 Å². The maximum absolute atomic E-state index is 11.2. The highest BCUT2D eigenvalue weighted by Gasteiger charge is 2.26. The highest BCUT2D eigenvalue weighted by molar-refractivity contribution is 7.18. The van der Waals surface area contributed by atoms with E-state index in [0.717, 1.165) is 11.1 Å². The molecular weight excluding hydrogens is 206 g/mol. The lowest BCUT2D eigenvalue weighted by molar-refractivity contribution is 0.101. The first-order valence-electron chi connectivity index (χ1n) is 5.15. The van der Waals surface area contributed by atoms with E-state index in [-0.39, 0.29) is 5.78 Å². The number of Topliss-reactive ketones (excluding diaryl/α,β-unsaturated/α-hetero) is 1. The molecule has 2 aromatic rings. The zero-order valence-corrected chi connectivity index (χ0v) is 9.30. The summed E-state index contributed by atoms with van der Waals surface area (Å²) in [5.41, 5.74) is 1.74. The summed E-state index contributed by atoms with van der Waals surface area (Å²) < 4.78 is 1.20. The van der Waals surface area contributed by atoms with Gasteiger partial charge in [0.25, 0.3) is 0 Å². The van der Waals surface area contributed by atoms with E-state index in [1.54, 1.807) is 18.3 Å². The Morgan fingerprint density at radius 3 is 2.93 bits per heavy atom. The normalized spacial score (nSPS) is 15.8. The largest absolute Gasteiger partial charge is 0.295 e. The highest BCUT2D eigenvalue weighted by atomic mass is 32.1. The van der Waals surface area contributed by atoms with E-state index >= 15 is 0 Å². The van der Waals surface area contributed by atoms with Crippen LogP contribution in [0.25, 0.3) is 10.2 Å². The summed E-state index contributed by atoms with van der Waals surface area (Å²) in [6, 6.07) is 5.80. The number of hydrogen-bond acceptors (Lipinski definition) is 3. The third kappa shape index (κ3) is 1.57. The number of ketones is 1. The Morgan fingerprint density at radius 2 is 2.27 bits per heavy atom. The molecule has 76 valence electrons. The van der Waals surface area contributed by atoms with Crippen LogP contribution >= 0.6 is 11.3 Å². The van der Waals surface area contributed by atoms with Gasteiger partial charge in [-0.1, -0.05) is 0 Å². The van der Waals surface area contributed by atoms with Crippen LogP contribution in [0, 0.1) is 0 Å². The Labute approximate surface area is 92.0 Å². The molecular formula is C12H11NOS. The van der Waals surface area contributed by atoms with Crippen molar-refractivity contribution < 1.29 is 4.79 Å². The summed E-state index contributed by atoms with van der Waals surface area (Å²) >= 11 is 1.77. The van der Waals surface area contributed by atoms with Gasteiger partial charge in [-0.25, -0.2) is 4.98 Å². The maximum Gasteiger partial charge on any atom is 0.159 e. The minimum Gasteiger partial charge on any atom is -0.295 e. The van der Waals surface area contributed by atoms with Crippen molar-refractivity contribution in [2.45, 2.75) is 25.7 Å². The van der Waals surface area contributed by atoms with Crippen LogP contribution in [0.1, 0.15) is 41.0 Å². The van der Waals surface area contributed by atoms with Gasteiger partial charge in [0.1, 0.15) is 0 Å². The first-order chi connectivity index (χ1) is 7.24. The van der Waals surface area contributed by atoms with E-state index in [0.29, 0.717) is 5.92 Å². The molecule has 1 aromatic heterocycles. The predicted molar refractivity (Wildman–Crippen MR) is 61.6 cm³/mol. The summed E-state index contributed by atoms with van der Waals surface area (Å²) in [6.45, 7) is 1.59. The van der Waals surface area contributed by atoms with Gasteiger partial charge in [0.2, 0.25) is 0 Å². The first kappa shape index (κ1) is 9.04. The summed E-state index contributed by atoms with van der Waals surface area (Å²) in [7, 11) is 0. The maximum atomic E-state index is 11.2. The molecule has 0 spiro atoms. The first-order valence-corrected chi connectivity index (χ1v) is 5.97. The number of nitrogens with zero attached hydrogens (tertiary/aromatic N) is 1. The Bertz CT molecular complexity index is 540. The molecule has 1 heterocycles. The number of hydrogen-bond donors (Lipinski definition) is 0. The second kappa shape index (κ2) is 3.14. The minimum atomic E-state index is 0.109. The van der Waals surface area contributed by atoms with Gasteiger partial charge in [-0.2, -0.15) is 0 Å². The summed E-state index contributed by atoms with van der Waals surface area (Å²) in [5.74, 6) is 0.807. The molecule has 0 amide bonds. The van der Waals surface area contributed by atoms with Crippen LogP contribution in [0.3, 0.4) is 0 Å². The van der Waals surface area contributed by atoms with Crippen molar-refractivity contribution in [1.29, 1.82) is 0 Å². The van der Waals surface area contributed by atoms with E-state index in [4.69, 9.17) is 0 Å². The second-order valence-corrected chi connectivity index (χ2v) is 5.13. The van der Waals surface area contributed by atoms with Crippen LogP contribution in [-0.4, -0.2) is 10.8 Å². The van der Waals surface area contributed by atoms with Crippen molar-refractivity contribution in [2.75, 3.05) is 0 Å². The molecule has 1 fully saturated rings. The lowest BCUT2D eigenvalue weighted by Gasteiger charge is -1.93. The summed E-state index contributed by atoms with van der Waals surface area (Å²) in [4.78, 5) is 15.8. The predicted octanol–water partition coefficient (Wildman–Crippen LogP) is 3.38. The molecule has 1 aromatic carbocycles. The van der Waals surface area contributed by atoms with E-state index in [9.17, 15) is 4.79 Å². The Balaban J connectivity index is 2.13.